The van der Waals surface area contributed by atoms with E-state index < -0.39 is 0 Å². The fraction of sp³-hybridized carbons (Fsp3) is 0.611. The molecule has 1 heterocycles. The molecule has 1 aromatic rings. The number of amides is 1. The molecule has 1 unspecified atom stereocenters. The molecular weight excluding hydrogens is 260 g/mol. The topological polar surface area (TPSA) is 32.3 Å². The fourth-order valence-corrected chi connectivity index (χ4v) is 3.09. The Hall–Kier alpha value is -1.35. The Bertz CT molecular complexity index is 452. The lowest BCUT2D eigenvalue weighted by Gasteiger charge is -2.29. The van der Waals surface area contributed by atoms with Crippen molar-refractivity contribution in [2.24, 2.45) is 0 Å². The average Bonchev–Trinajstić information content (AvgIpc) is 3.01. The van der Waals surface area contributed by atoms with Crippen molar-refractivity contribution in [3.63, 3.8) is 0 Å². The minimum Gasteiger partial charge on any atom is -0.354 e. The van der Waals surface area contributed by atoms with Gasteiger partial charge in [-0.15, -0.1) is 0 Å². The molecule has 1 aliphatic rings. The Morgan fingerprint density at radius 3 is 2.67 bits per heavy atom. The lowest BCUT2D eigenvalue weighted by atomic mass is 10.00. The van der Waals surface area contributed by atoms with Crippen LogP contribution in [0.1, 0.15) is 56.2 Å². The van der Waals surface area contributed by atoms with Crippen LogP contribution in [0.2, 0.25) is 0 Å². The summed E-state index contributed by atoms with van der Waals surface area (Å²) in [5.41, 5.74) is 2.67. The quantitative estimate of drug-likeness (QED) is 0.833. The second kappa shape index (κ2) is 8.18. The van der Waals surface area contributed by atoms with Crippen molar-refractivity contribution in [3.8, 4) is 0 Å². The molecule has 1 saturated heterocycles. The van der Waals surface area contributed by atoms with E-state index in [0.717, 1.165) is 32.5 Å². The molecule has 1 amide bonds. The summed E-state index contributed by atoms with van der Waals surface area (Å²) in [6.07, 6.45) is 5.24. The number of hydrogen-bond acceptors (Lipinski definition) is 2. The van der Waals surface area contributed by atoms with Gasteiger partial charge >= 0.3 is 0 Å². The third-order valence-corrected chi connectivity index (χ3v) is 4.38. The van der Waals surface area contributed by atoms with E-state index in [9.17, 15) is 4.79 Å². The number of nitrogens with zero attached hydrogens (tertiary/aromatic N) is 1. The Labute approximate surface area is 128 Å². The molecule has 3 heteroatoms. The van der Waals surface area contributed by atoms with Crippen molar-refractivity contribution in [2.75, 3.05) is 19.6 Å². The van der Waals surface area contributed by atoms with Crippen LogP contribution in [0.4, 0.5) is 0 Å². The maximum atomic E-state index is 11.9. The standard InChI is InChI=1S/C18H28N2O/c1-3-4-11-18(21)19-14-17(20-12-7-8-13-20)16-10-6-5-9-15(16)2/h5-6,9-10,17H,3-4,7-8,11-14H2,1-2H3,(H,19,21). The second-order valence-corrected chi connectivity index (χ2v) is 6.02. The first kappa shape index (κ1) is 16.0. The predicted molar refractivity (Wildman–Crippen MR) is 87.3 cm³/mol. The van der Waals surface area contributed by atoms with E-state index in [-0.39, 0.29) is 5.91 Å². The zero-order chi connectivity index (χ0) is 15.1. The molecule has 2 rings (SSSR count). The molecule has 1 atom stereocenters. The maximum absolute atomic E-state index is 11.9. The Balaban J connectivity index is 2.03. The molecule has 0 aliphatic carbocycles. The number of hydrogen-bond donors (Lipinski definition) is 1. The minimum atomic E-state index is 0.189. The largest absolute Gasteiger partial charge is 0.354 e. The van der Waals surface area contributed by atoms with E-state index in [4.69, 9.17) is 0 Å². The predicted octanol–water partition coefficient (Wildman–Crippen LogP) is 3.44. The van der Waals surface area contributed by atoms with Gasteiger partial charge in [-0.05, 0) is 50.4 Å². The summed E-state index contributed by atoms with van der Waals surface area (Å²) in [4.78, 5) is 14.4. The molecule has 1 aromatic carbocycles. The van der Waals surface area contributed by atoms with E-state index in [1.54, 1.807) is 0 Å². The van der Waals surface area contributed by atoms with E-state index in [0.29, 0.717) is 12.5 Å². The molecule has 116 valence electrons. The zero-order valence-electron chi connectivity index (χ0n) is 13.4. The first-order valence-electron chi connectivity index (χ1n) is 8.28. The molecule has 1 aliphatic heterocycles. The Morgan fingerprint density at radius 1 is 1.29 bits per heavy atom. The van der Waals surface area contributed by atoms with E-state index in [1.165, 1.54) is 24.0 Å². The number of benzene rings is 1. The summed E-state index contributed by atoms with van der Waals surface area (Å²) in [5, 5.41) is 3.14. The maximum Gasteiger partial charge on any atom is 0.220 e. The van der Waals surface area contributed by atoms with Crippen LogP contribution in [0, 0.1) is 6.92 Å². The molecule has 0 bridgehead atoms. The molecule has 0 saturated carbocycles. The van der Waals surface area contributed by atoms with Gasteiger partial charge in [-0.2, -0.15) is 0 Å². The van der Waals surface area contributed by atoms with Crippen molar-refractivity contribution in [1.82, 2.24) is 10.2 Å². The van der Waals surface area contributed by atoms with Gasteiger partial charge in [0.25, 0.3) is 0 Å². The normalized spacial score (nSPS) is 16.9. The summed E-state index contributed by atoms with van der Waals surface area (Å²) in [7, 11) is 0. The zero-order valence-corrected chi connectivity index (χ0v) is 13.4. The average molecular weight is 288 g/mol. The summed E-state index contributed by atoms with van der Waals surface area (Å²) < 4.78 is 0. The SMILES string of the molecule is CCCCC(=O)NCC(c1ccccc1C)N1CCCC1. The first-order valence-corrected chi connectivity index (χ1v) is 8.28. The van der Waals surface area contributed by atoms with Gasteiger partial charge in [0, 0.05) is 13.0 Å². The van der Waals surface area contributed by atoms with Crippen molar-refractivity contribution >= 4 is 5.91 Å². The number of unbranched alkanes of at least 4 members (excludes halogenated alkanes) is 1. The van der Waals surface area contributed by atoms with Crippen LogP contribution in [-0.4, -0.2) is 30.4 Å². The van der Waals surface area contributed by atoms with Crippen LogP contribution in [0.5, 0.6) is 0 Å². The van der Waals surface area contributed by atoms with E-state index >= 15 is 0 Å². The smallest absolute Gasteiger partial charge is 0.220 e. The van der Waals surface area contributed by atoms with Crippen molar-refractivity contribution < 1.29 is 4.79 Å². The van der Waals surface area contributed by atoms with Crippen molar-refractivity contribution in [3.05, 3.63) is 35.4 Å². The highest BCUT2D eigenvalue weighted by atomic mass is 16.1. The van der Waals surface area contributed by atoms with Crippen LogP contribution in [0.25, 0.3) is 0 Å². The van der Waals surface area contributed by atoms with Crippen LogP contribution in [-0.2, 0) is 4.79 Å². The molecule has 3 nitrogen and oxygen atoms in total. The summed E-state index contributed by atoms with van der Waals surface area (Å²) in [6.45, 7) is 7.30. The number of carbonyl (C=O) groups excluding carboxylic acids is 1. The van der Waals surface area contributed by atoms with Crippen molar-refractivity contribution in [2.45, 2.75) is 52.0 Å². The van der Waals surface area contributed by atoms with Crippen LogP contribution in [0.3, 0.4) is 0 Å². The summed E-state index contributed by atoms with van der Waals surface area (Å²) >= 11 is 0. The van der Waals surface area contributed by atoms with E-state index in [1.807, 2.05) is 0 Å². The van der Waals surface area contributed by atoms with Gasteiger partial charge in [-0.3, -0.25) is 9.69 Å². The number of carbonyl (C=O) groups is 1. The van der Waals surface area contributed by atoms with Gasteiger partial charge in [0.15, 0.2) is 0 Å². The minimum absolute atomic E-state index is 0.189. The van der Waals surface area contributed by atoms with Crippen LogP contribution < -0.4 is 5.32 Å². The third-order valence-electron chi connectivity index (χ3n) is 4.38. The number of aryl methyl sites for hydroxylation is 1. The Kier molecular flexibility index (Phi) is 6.24. The monoisotopic (exact) mass is 288 g/mol. The molecule has 1 N–H and O–H groups in total. The number of rotatable bonds is 7. The number of nitrogens with one attached hydrogen (secondary N) is 1. The molecule has 21 heavy (non-hydrogen) atoms. The highest BCUT2D eigenvalue weighted by molar-refractivity contribution is 5.75. The van der Waals surface area contributed by atoms with Gasteiger partial charge in [-0.25, -0.2) is 0 Å². The lowest BCUT2D eigenvalue weighted by molar-refractivity contribution is -0.121. The van der Waals surface area contributed by atoms with Gasteiger partial charge in [0.2, 0.25) is 5.91 Å². The van der Waals surface area contributed by atoms with Gasteiger partial charge in [-0.1, -0.05) is 37.6 Å². The van der Waals surface area contributed by atoms with Gasteiger partial charge < -0.3 is 5.32 Å². The third kappa shape index (κ3) is 4.57. The van der Waals surface area contributed by atoms with Gasteiger partial charge in [0.1, 0.15) is 0 Å². The molecule has 1 fully saturated rings. The van der Waals surface area contributed by atoms with Crippen molar-refractivity contribution in [1.29, 1.82) is 0 Å². The Morgan fingerprint density at radius 2 is 2.00 bits per heavy atom. The second-order valence-electron chi connectivity index (χ2n) is 6.02. The summed E-state index contributed by atoms with van der Waals surface area (Å²) in [6, 6.07) is 8.87. The molecular formula is C18H28N2O. The first-order chi connectivity index (χ1) is 10.2. The molecule has 0 spiro atoms. The number of likely N-dealkylation sites (tertiary alicyclic amines) is 1. The van der Waals surface area contributed by atoms with Crippen LogP contribution >= 0.6 is 0 Å². The lowest BCUT2D eigenvalue weighted by Crippen LogP contribution is -2.37. The highest BCUT2D eigenvalue weighted by Crippen LogP contribution is 2.26. The van der Waals surface area contributed by atoms with Gasteiger partial charge in [0.05, 0.1) is 6.04 Å². The highest BCUT2D eigenvalue weighted by Gasteiger charge is 2.24. The summed E-state index contributed by atoms with van der Waals surface area (Å²) in [5.74, 6) is 0.189. The molecule has 0 radical (unpaired) electrons. The fourth-order valence-electron chi connectivity index (χ4n) is 3.09. The molecule has 0 aromatic heterocycles. The van der Waals surface area contributed by atoms with Crippen LogP contribution in [0.15, 0.2) is 24.3 Å². The van der Waals surface area contributed by atoms with E-state index in [2.05, 4.69) is 48.3 Å².